The largest absolute Gasteiger partial charge is 0.311 e. The fourth-order valence-electron chi connectivity index (χ4n) is 2.30. The Balaban J connectivity index is 2.39. The molecule has 0 heterocycles. The minimum atomic E-state index is 0.692. The van der Waals surface area contributed by atoms with Crippen LogP contribution in [0.5, 0.6) is 0 Å². The van der Waals surface area contributed by atoms with Crippen molar-refractivity contribution < 1.29 is 0 Å². The van der Waals surface area contributed by atoms with Crippen molar-refractivity contribution in [3.8, 4) is 0 Å². The second kappa shape index (κ2) is 4.99. The zero-order valence-electron chi connectivity index (χ0n) is 9.64. The third-order valence-corrected chi connectivity index (χ3v) is 3.82. The summed E-state index contributed by atoms with van der Waals surface area (Å²) in [5.41, 5.74) is 0. The van der Waals surface area contributed by atoms with E-state index < -0.39 is 0 Å². The number of nitrogens with one attached hydrogen (secondary N) is 1. The molecule has 0 saturated heterocycles. The summed E-state index contributed by atoms with van der Waals surface area (Å²) in [6.45, 7) is 9.36. The first kappa shape index (κ1) is 11.0. The van der Waals surface area contributed by atoms with Crippen molar-refractivity contribution in [2.75, 3.05) is 0 Å². The Morgan fingerprint density at radius 3 is 2.62 bits per heavy atom. The van der Waals surface area contributed by atoms with E-state index in [1.54, 1.807) is 0 Å². The van der Waals surface area contributed by atoms with Crippen LogP contribution in [0.3, 0.4) is 0 Å². The predicted molar refractivity (Wildman–Crippen MR) is 58.9 cm³/mol. The van der Waals surface area contributed by atoms with E-state index in [-0.39, 0.29) is 0 Å². The molecule has 1 aliphatic rings. The average molecular weight is 183 g/mol. The zero-order valence-corrected chi connectivity index (χ0v) is 9.64. The summed E-state index contributed by atoms with van der Waals surface area (Å²) < 4.78 is 0. The Labute approximate surface area is 83.3 Å². The molecule has 0 amide bonds. The van der Waals surface area contributed by atoms with Gasteiger partial charge in [-0.1, -0.05) is 33.6 Å². The maximum atomic E-state index is 3.75. The SMILES string of the molecule is CCC(C)NC1CCCC(C)C1C. The topological polar surface area (TPSA) is 12.0 Å². The summed E-state index contributed by atoms with van der Waals surface area (Å²) >= 11 is 0. The van der Waals surface area contributed by atoms with E-state index in [0.717, 1.165) is 17.9 Å². The standard InChI is InChI=1S/C12H25N/c1-5-10(3)13-12-8-6-7-9(2)11(12)4/h9-13H,5-8H2,1-4H3. The van der Waals surface area contributed by atoms with Gasteiger partial charge >= 0.3 is 0 Å². The minimum absolute atomic E-state index is 0.692. The van der Waals surface area contributed by atoms with E-state index in [1.165, 1.54) is 25.7 Å². The number of hydrogen-bond donors (Lipinski definition) is 1. The molecule has 0 aromatic heterocycles. The smallest absolute Gasteiger partial charge is 0.00977 e. The van der Waals surface area contributed by atoms with Gasteiger partial charge in [-0.2, -0.15) is 0 Å². The van der Waals surface area contributed by atoms with Gasteiger partial charge in [0.2, 0.25) is 0 Å². The molecule has 1 aliphatic carbocycles. The van der Waals surface area contributed by atoms with Crippen LogP contribution < -0.4 is 5.32 Å². The van der Waals surface area contributed by atoms with Crippen LogP contribution in [0.15, 0.2) is 0 Å². The Morgan fingerprint density at radius 2 is 2.00 bits per heavy atom. The van der Waals surface area contributed by atoms with E-state index in [4.69, 9.17) is 0 Å². The molecule has 0 aromatic rings. The Morgan fingerprint density at radius 1 is 1.31 bits per heavy atom. The van der Waals surface area contributed by atoms with Gasteiger partial charge in [0.15, 0.2) is 0 Å². The lowest BCUT2D eigenvalue weighted by Crippen LogP contribution is -2.44. The molecule has 4 atom stereocenters. The molecule has 0 spiro atoms. The van der Waals surface area contributed by atoms with E-state index in [9.17, 15) is 0 Å². The van der Waals surface area contributed by atoms with Gasteiger partial charge in [0.05, 0.1) is 0 Å². The molecule has 0 aromatic carbocycles. The normalized spacial score (nSPS) is 37.4. The predicted octanol–water partition coefficient (Wildman–Crippen LogP) is 3.20. The maximum absolute atomic E-state index is 3.75. The highest BCUT2D eigenvalue weighted by atomic mass is 15.0. The van der Waals surface area contributed by atoms with E-state index in [2.05, 4.69) is 33.0 Å². The molecule has 1 N–H and O–H groups in total. The second-order valence-electron chi connectivity index (χ2n) is 4.85. The van der Waals surface area contributed by atoms with Crippen molar-refractivity contribution in [1.82, 2.24) is 5.32 Å². The van der Waals surface area contributed by atoms with Crippen LogP contribution in [0.4, 0.5) is 0 Å². The van der Waals surface area contributed by atoms with Crippen LogP contribution in [0, 0.1) is 11.8 Å². The third kappa shape index (κ3) is 2.98. The summed E-state index contributed by atoms with van der Waals surface area (Å²) in [6, 6.07) is 1.47. The molecule has 0 aliphatic heterocycles. The van der Waals surface area contributed by atoms with Gasteiger partial charge in [-0.25, -0.2) is 0 Å². The molecule has 1 saturated carbocycles. The lowest BCUT2D eigenvalue weighted by atomic mass is 9.78. The molecule has 13 heavy (non-hydrogen) atoms. The fraction of sp³-hybridized carbons (Fsp3) is 1.00. The first-order chi connectivity index (χ1) is 6.15. The maximum Gasteiger partial charge on any atom is 0.00977 e. The zero-order chi connectivity index (χ0) is 9.84. The molecule has 4 unspecified atom stereocenters. The van der Waals surface area contributed by atoms with Gasteiger partial charge < -0.3 is 5.32 Å². The Hall–Kier alpha value is -0.0400. The van der Waals surface area contributed by atoms with Gasteiger partial charge in [0, 0.05) is 12.1 Å². The first-order valence-electron chi connectivity index (χ1n) is 5.91. The molecule has 0 bridgehead atoms. The Kier molecular flexibility index (Phi) is 4.24. The number of hydrogen-bond acceptors (Lipinski definition) is 1. The number of rotatable bonds is 3. The molecule has 1 rings (SSSR count). The molecule has 1 fully saturated rings. The van der Waals surface area contributed by atoms with Crippen LogP contribution in [-0.2, 0) is 0 Å². The van der Waals surface area contributed by atoms with Crippen molar-refractivity contribution in [1.29, 1.82) is 0 Å². The van der Waals surface area contributed by atoms with Crippen molar-refractivity contribution in [3.63, 3.8) is 0 Å². The average Bonchev–Trinajstić information content (AvgIpc) is 2.13. The monoisotopic (exact) mass is 183 g/mol. The Bertz CT molecular complexity index is 144. The van der Waals surface area contributed by atoms with E-state index in [0.29, 0.717) is 6.04 Å². The van der Waals surface area contributed by atoms with Crippen LogP contribution in [0.25, 0.3) is 0 Å². The van der Waals surface area contributed by atoms with Gasteiger partial charge in [-0.05, 0) is 31.6 Å². The molecule has 78 valence electrons. The van der Waals surface area contributed by atoms with Crippen molar-refractivity contribution in [2.45, 2.75) is 65.5 Å². The summed E-state index contributed by atoms with van der Waals surface area (Å²) in [5.74, 6) is 1.78. The van der Waals surface area contributed by atoms with Crippen molar-refractivity contribution in [2.24, 2.45) is 11.8 Å². The second-order valence-corrected chi connectivity index (χ2v) is 4.85. The lowest BCUT2D eigenvalue weighted by molar-refractivity contribution is 0.195. The minimum Gasteiger partial charge on any atom is -0.311 e. The van der Waals surface area contributed by atoms with E-state index in [1.807, 2.05) is 0 Å². The van der Waals surface area contributed by atoms with E-state index >= 15 is 0 Å². The summed E-state index contributed by atoms with van der Waals surface area (Å²) in [6.07, 6.45) is 5.48. The van der Waals surface area contributed by atoms with Gasteiger partial charge in [0.25, 0.3) is 0 Å². The summed E-state index contributed by atoms with van der Waals surface area (Å²) in [4.78, 5) is 0. The molecule has 1 nitrogen and oxygen atoms in total. The van der Waals surface area contributed by atoms with Crippen LogP contribution in [0.1, 0.15) is 53.4 Å². The molecule has 1 heteroatoms. The van der Waals surface area contributed by atoms with Gasteiger partial charge in [-0.3, -0.25) is 0 Å². The highest BCUT2D eigenvalue weighted by Crippen LogP contribution is 2.29. The van der Waals surface area contributed by atoms with Crippen molar-refractivity contribution >= 4 is 0 Å². The summed E-state index contributed by atoms with van der Waals surface area (Å²) in [5, 5.41) is 3.75. The first-order valence-corrected chi connectivity index (χ1v) is 5.91. The lowest BCUT2D eigenvalue weighted by Gasteiger charge is -2.36. The van der Waals surface area contributed by atoms with Crippen LogP contribution in [-0.4, -0.2) is 12.1 Å². The van der Waals surface area contributed by atoms with Crippen LogP contribution >= 0.6 is 0 Å². The highest BCUT2D eigenvalue weighted by Gasteiger charge is 2.27. The molecule has 0 radical (unpaired) electrons. The van der Waals surface area contributed by atoms with Gasteiger partial charge in [0.1, 0.15) is 0 Å². The molecular weight excluding hydrogens is 158 g/mol. The highest BCUT2D eigenvalue weighted by molar-refractivity contribution is 4.83. The van der Waals surface area contributed by atoms with Gasteiger partial charge in [-0.15, -0.1) is 0 Å². The van der Waals surface area contributed by atoms with Crippen LogP contribution in [0.2, 0.25) is 0 Å². The third-order valence-electron chi connectivity index (χ3n) is 3.82. The molecular formula is C12H25N. The van der Waals surface area contributed by atoms with Crippen molar-refractivity contribution in [3.05, 3.63) is 0 Å². The quantitative estimate of drug-likeness (QED) is 0.708. The summed E-state index contributed by atoms with van der Waals surface area (Å²) in [7, 11) is 0. The fourth-order valence-corrected chi connectivity index (χ4v) is 2.30.